The lowest BCUT2D eigenvalue weighted by Crippen LogP contribution is -2.47. The average molecular weight is 478 g/mol. The first-order chi connectivity index (χ1) is 17.2. The van der Waals surface area contributed by atoms with Crippen LogP contribution in [0.2, 0.25) is 0 Å². The Labute approximate surface area is 210 Å². The Kier molecular flexibility index (Phi) is 9.94. The second-order valence-electron chi connectivity index (χ2n) is 9.54. The van der Waals surface area contributed by atoms with E-state index in [0.29, 0.717) is 32.1 Å². The Morgan fingerprint density at radius 2 is 1.66 bits per heavy atom. The molecule has 188 valence electrons. The first-order valence-electron chi connectivity index (χ1n) is 13.1. The van der Waals surface area contributed by atoms with Crippen molar-refractivity contribution in [2.45, 2.75) is 69.8 Å². The summed E-state index contributed by atoms with van der Waals surface area (Å²) in [5.41, 5.74) is 3.64. The number of allylic oxidation sites excluding steroid dienone is 1. The maximum atomic E-state index is 11.3. The Morgan fingerprint density at radius 3 is 2.40 bits per heavy atom. The summed E-state index contributed by atoms with van der Waals surface area (Å²) in [7, 11) is 1.42. The molecule has 5 nitrogen and oxygen atoms in total. The summed E-state index contributed by atoms with van der Waals surface area (Å²) in [5, 5.41) is 0. The molecule has 2 aromatic rings. The maximum Gasteiger partial charge on any atom is 0.305 e. The van der Waals surface area contributed by atoms with Gasteiger partial charge in [-0.2, -0.15) is 0 Å². The van der Waals surface area contributed by atoms with E-state index in [4.69, 9.17) is 14.2 Å². The number of likely N-dealkylation sites (tertiary alicyclic amines) is 1. The fourth-order valence-electron chi connectivity index (χ4n) is 5.23. The van der Waals surface area contributed by atoms with Gasteiger partial charge in [0.25, 0.3) is 0 Å². The highest BCUT2D eigenvalue weighted by atomic mass is 16.5. The van der Waals surface area contributed by atoms with E-state index >= 15 is 0 Å². The zero-order valence-corrected chi connectivity index (χ0v) is 20.9. The van der Waals surface area contributed by atoms with Crippen LogP contribution in [0.3, 0.4) is 0 Å². The Bertz CT molecular complexity index is 921. The van der Waals surface area contributed by atoms with Crippen molar-refractivity contribution < 1.29 is 19.0 Å². The van der Waals surface area contributed by atoms with Gasteiger partial charge >= 0.3 is 5.97 Å². The number of hydrogen-bond acceptors (Lipinski definition) is 5. The molecule has 2 aromatic carbocycles. The zero-order chi connectivity index (χ0) is 24.3. The van der Waals surface area contributed by atoms with E-state index in [1.165, 1.54) is 43.1 Å². The number of methoxy groups -OCH3 is 1. The Hall–Kier alpha value is -2.47. The van der Waals surface area contributed by atoms with Gasteiger partial charge in [-0.05, 0) is 61.9 Å². The average Bonchev–Trinajstić information content (AvgIpc) is 3.33. The zero-order valence-electron chi connectivity index (χ0n) is 20.9. The normalized spacial score (nSPS) is 23.1. The summed E-state index contributed by atoms with van der Waals surface area (Å²) in [5.74, 6) is -0.179. The van der Waals surface area contributed by atoms with Crippen LogP contribution in [-0.2, 0) is 25.6 Å². The molecular formula is C30H39NO4. The van der Waals surface area contributed by atoms with E-state index in [1.807, 2.05) is 18.2 Å². The topological polar surface area (TPSA) is 48.0 Å². The molecule has 2 aliphatic rings. The van der Waals surface area contributed by atoms with Gasteiger partial charge in [-0.3, -0.25) is 9.69 Å². The lowest BCUT2D eigenvalue weighted by molar-refractivity contribution is -0.140. The van der Waals surface area contributed by atoms with E-state index in [0.717, 1.165) is 25.9 Å². The molecule has 35 heavy (non-hydrogen) atoms. The molecule has 3 atom stereocenters. The van der Waals surface area contributed by atoms with Crippen LogP contribution < -0.4 is 0 Å². The lowest BCUT2D eigenvalue weighted by atomic mass is 10.0. The van der Waals surface area contributed by atoms with E-state index in [-0.39, 0.29) is 18.2 Å². The molecule has 4 rings (SSSR count). The van der Waals surface area contributed by atoms with Crippen LogP contribution in [0.25, 0.3) is 11.1 Å². The van der Waals surface area contributed by atoms with E-state index in [1.54, 1.807) is 0 Å². The van der Waals surface area contributed by atoms with Gasteiger partial charge in [0, 0.05) is 12.5 Å². The lowest BCUT2D eigenvalue weighted by Gasteiger charge is -2.36. The maximum absolute atomic E-state index is 11.3. The van der Waals surface area contributed by atoms with Crippen molar-refractivity contribution >= 4 is 5.97 Å². The van der Waals surface area contributed by atoms with E-state index in [2.05, 4.69) is 53.4 Å². The van der Waals surface area contributed by atoms with Crippen LogP contribution in [0.1, 0.15) is 50.5 Å². The molecule has 1 heterocycles. The molecule has 0 unspecified atom stereocenters. The standard InChI is InChI=1S/C30H39NO4/c1-33-29(32)13-7-3-10-22-34-30-27(31-20-8-4-9-21-31)18-19-28(30)35-23-24-14-16-26(17-15-24)25-11-5-2-6-12-25/h2-3,5-6,10-12,14-17,27-28,30H,4,7-9,13,18-23H2,1H3/t27-,28+,30+/m0/s1. The van der Waals surface area contributed by atoms with E-state index < -0.39 is 0 Å². The number of carbonyl (C=O) groups excluding carboxylic acids is 1. The van der Waals surface area contributed by atoms with Gasteiger partial charge in [0.15, 0.2) is 0 Å². The highest BCUT2D eigenvalue weighted by molar-refractivity contribution is 5.69. The molecule has 0 radical (unpaired) electrons. The minimum atomic E-state index is -0.179. The van der Waals surface area contributed by atoms with Crippen molar-refractivity contribution in [2.24, 2.45) is 0 Å². The molecule has 1 aliphatic carbocycles. The fourth-order valence-corrected chi connectivity index (χ4v) is 5.23. The van der Waals surface area contributed by atoms with Crippen LogP contribution in [0.15, 0.2) is 66.7 Å². The van der Waals surface area contributed by atoms with Crippen molar-refractivity contribution in [1.29, 1.82) is 0 Å². The molecule has 0 N–H and O–H groups in total. The van der Waals surface area contributed by atoms with Gasteiger partial charge in [-0.15, -0.1) is 0 Å². The van der Waals surface area contributed by atoms with Crippen LogP contribution >= 0.6 is 0 Å². The summed E-state index contributed by atoms with van der Waals surface area (Å²) in [4.78, 5) is 13.9. The second kappa shape index (κ2) is 13.6. The number of hydrogen-bond donors (Lipinski definition) is 0. The predicted octanol–water partition coefficient (Wildman–Crippen LogP) is 5.78. The molecular weight excluding hydrogens is 438 g/mol. The summed E-state index contributed by atoms with van der Waals surface area (Å²) in [6, 6.07) is 19.6. The SMILES string of the molecule is COC(=O)CCC=CCO[C@H]1[C@H](OCc2ccc(-c3ccccc3)cc2)CC[C@@H]1N1CCCCC1. The van der Waals surface area contributed by atoms with Crippen molar-refractivity contribution in [3.05, 3.63) is 72.3 Å². The smallest absolute Gasteiger partial charge is 0.305 e. The van der Waals surface area contributed by atoms with Crippen molar-refractivity contribution in [2.75, 3.05) is 26.8 Å². The molecule has 2 fully saturated rings. The minimum Gasteiger partial charge on any atom is -0.469 e. The minimum absolute atomic E-state index is 0.0712. The molecule has 1 saturated carbocycles. The third-order valence-electron chi connectivity index (χ3n) is 7.17. The monoisotopic (exact) mass is 477 g/mol. The number of carbonyl (C=O) groups is 1. The van der Waals surface area contributed by atoms with Gasteiger partial charge in [-0.25, -0.2) is 0 Å². The summed E-state index contributed by atoms with van der Waals surface area (Å²) < 4.78 is 17.6. The molecule has 0 amide bonds. The van der Waals surface area contributed by atoms with Crippen LogP contribution in [-0.4, -0.2) is 55.9 Å². The van der Waals surface area contributed by atoms with Gasteiger partial charge < -0.3 is 14.2 Å². The first-order valence-corrected chi connectivity index (χ1v) is 13.1. The number of ether oxygens (including phenoxy) is 3. The molecule has 0 aromatic heterocycles. The highest BCUT2D eigenvalue weighted by Gasteiger charge is 2.41. The third kappa shape index (κ3) is 7.50. The molecule has 0 bridgehead atoms. The predicted molar refractivity (Wildman–Crippen MR) is 139 cm³/mol. The number of esters is 1. The number of piperidine rings is 1. The van der Waals surface area contributed by atoms with Gasteiger partial charge in [0.2, 0.25) is 0 Å². The summed E-state index contributed by atoms with van der Waals surface area (Å²) >= 11 is 0. The number of rotatable bonds is 11. The summed E-state index contributed by atoms with van der Waals surface area (Å²) in [6.45, 7) is 3.46. The Morgan fingerprint density at radius 1 is 0.914 bits per heavy atom. The molecule has 0 spiro atoms. The highest BCUT2D eigenvalue weighted by Crippen LogP contribution is 2.32. The quantitative estimate of drug-likeness (QED) is 0.303. The number of benzene rings is 2. The van der Waals surface area contributed by atoms with Gasteiger partial charge in [0.05, 0.1) is 32.5 Å². The van der Waals surface area contributed by atoms with Gasteiger partial charge in [0.1, 0.15) is 0 Å². The second-order valence-corrected chi connectivity index (χ2v) is 9.54. The van der Waals surface area contributed by atoms with Gasteiger partial charge in [-0.1, -0.05) is 73.2 Å². The third-order valence-corrected chi connectivity index (χ3v) is 7.17. The fraction of sp³-hybridized carbons (Fsp3) is 0.500. The van der Waals surface area contributed by atoms with Crippen molar-refractivity contribution in [3.63, 3.8) is 0 Å². The number of nitrogens with zero attached hydrogens (tertiary/aromatic N) is 1. The first kappa shape index (κ1) is 25.6. The Balaban J connectivity index is 1.32. The molecule has 1 aliphatic heterocycles. The van der Waals surface area contributed by atoms with Crippen LogP contribution in [0, 0.1) is 0 Å². The molecule has 1 saturated heterocycles. The largest absolute Gasteiger partial charge is 0.469 e. The molecule has 5 heteroatoms. The summed E-state index contributed by atoms with van der Waals surface area (Å²) in [6.07, 6.45) is 11.3. The van der Waals surface area contributed by atoms with Crippen LogP contribution in [0.4, 0.5) is 0 Å². The van der Waals surface area contributed by atoms with Crippen molar-refractivity contribution in [3.8, 4) is 11.1 Å². The van der Waals surface area contributed by atoms with Crippen molar-refractivity contribution in [1.82, 2.24) is 4.90 Å². The van der Waals surface area contributed by atoms with Crippen LogP contribution in [0.5, 0.6) is 0 Å². The van der Waals surface area contributed by atoms with E-state index in [9.17, 15) is 4.79 Å².